The van der Waals surface area contributed by atoms with Crippen LogP contribution >= 0.6 is 0 Å². The van der Waals surface area contributed by atoms with E-state index in [4.69, 9.17) is 0 Å². The number of nitrogens with one attached hydrogen (secondary N) is 1. The Balaban J connectivity index is 2.17. The molecule has 1 aliphatic rings. The van der Waals surface area contributed by atoms with E-state index in [9.17, 15) is 14.4 Å². The van der Waals surface area contributed by atoms with E-state index in [1.54, 1.807) is 18.0 Å². The fourth-order valence-corrected chi connectivity index (χ4v) is 2.74. The van der Waals surface area contributed by atoms with Crippen LogP contribution in [-0.4, -0.2) is 36.1 Å². The minimum atomic E-state index is -0.579. The minimum Gasteiger partial charge on any atom is -0.359 e. The molecule has 5 nitrogen and oxygen atoms in total. The number of carbonyl (C=O) groups excluding carboxylic acids is 3. The maximum absolute atomic E-state index is 12.5. The third-order valence-electron chi connectivity index (χ3n) is 4.28. The average molecular weight is 314 g/mol. The highest BCUT2D eigenvalue weighted by molar-refractivity contribution is 6.00. The highest BCUT2D eigenvalue weighted by atomic mass is 16.2. The van der Waals surface area contributed by atoms with E-state index >= 15 is 0 Å². The Hall–Kier alpha value is -2.43. The van der Waals surface area contributed by atoms with E-state index in [0.717, 1.165) is 29.4 Å². The second kappa shape index (κ2) is 7.22. The van der Waals surface area contributed by atoms with Gasteiger partial charge in [0, 0.05) is 25.6 Å². The van der Waals surface area contributed by atoms with Crippen LogP contribution < -0.4 is 5.32 Å². The van der Waals surface area contributed by atoms with Gasteiger partial charge < -0.3 is 15.0 Å². The number of allylic oxidation sites excluding steroid dienone is 1. The standard InChI is InChI=1S/C18H22N2O3/c1-4-12(2)13-5-7-16-14(9-13)10-20(18(16)23)15(11-21)6-8-17(22)19-3/h5,7,9,11,15H,2,4,6,8,10H2,1,3H3,(H,19,22). The maximum Gasteiger partial charge on any atom is 0.255 e. The average Bonchev–Trinajstić information content (AvgIpc) is 2.90. The lowest BCUT2D eigenvalue weighted by molar-refractivity contribution is -0.121. The third kappa shape index (κ3) is 3.50. The first-order chi connectivity index (χ1) is 11.0. The minimum absolute atomic E-state index is 0.137. The Morgan fingerprint density at radius 2 is 2.22 bits per heavy atom. The molecule has 0 radical (unpaired) electrons. The number of benzene rings is 1. The SMILES string of the molecule is C=C(CC)c1ccc2c(c1)CN(C(C=O)CCC(=O)NC)C2=O. The van der Waals surface area contributed by atoms with Crippen LogP contribution in [0.25, 0.3) is 5.57 Å². The summed E-state index contributed by atoms with van der Waals surface area (Å²) in [5.74, 6) is -0.287. The zero-order valence-electron chi connectivity index (χ0n) is 13.6. The Morgan fingerprint density at radius 1 is 1.48 bits per heavy atom. The van der Waals surface area contributed by atoms with Gasteiger partial charge in [-0.15, -0.1) is 0 Å². The van der Waals surface area contributed by atoms with Crippen molar-refractivity contribution in [3.8, 4) is 0 Å². The summed E-state index contributed by atoms with van der Waals surface area (Å²) in [6, 6.07) is 5.09. The molecule has 23 heavy (non-hydrogen) atoms. The van der Waals surface area contributed by atoms with Crippen molar-refractivity contribution in [2.45, 2.75) is 38.8 Å². The molecule has 1 atom stereocenters. The lowest BCUT2D eigenvalue weighted by atomic mass is 10.0. The third-order valence-corrected chi connectivity index (χ3v) is 4.28. The molecule has 0 aromatic heterocycles. The van der Waals surface area contributed by atoms with E-state index in [1.165, 1.54) is 0 Å². The van der Waals surface area contributed by atoms with Gasteiger partial charge in [-0.3, -0.25) is 9.59 Å². The van der Waals surface area contributed by atoms with Crippen molar-refractivity contribution in [1.29, 1.82) is 0 Å². The Morgan fingerprint density at radius 3 is 2.83 bits per heavy atom. The molecule has 0 aliphatic carbocycles. The number of nitrogens with zero attached hydrogens (tertiary/aromatic N) is 1. The molecule has 5 heteroatoms. The van der Waals surface area contributed by atoms with Crippen LogP contribution in [0.3, 0.4) is 0 Å². The van der Waals surface area contributed by atoms with Crippen molar-refractivity contribution in [2.24, 2.45) is 0 Å². The summed E-state index contributed by atoms with van der Waals surface area (Å²) in [5, 5.41) is 2.52. The van der Waals surface area contributed by atoms with Gasteiger partial charge >= 0.3 is 0 Å². The van der Waals surface area contributed by atoms with Crippen molar-refractivity contribution in [3.63, 3.8) is 0 Å². The summed E-state index contributed by atoms with van der Waals surface area (Å²) in [4.78, 5) is 36.8. The number of aldehydes is 1. The molecule has 0 saturated heterocycles. The van der Waals surface area contributed by atoms with Gasteiger partial charge in [0.15, 0.2) is 0 Å². The van der Waals surface area contributed by atoms with Gasteiger partial charge in [-0.2, -0.15) is 0 Å². The Bertz CT molecular complexity index is 652. The van der Waals surface area contributed by atoms with Crippen LogP contribution in [0, 0.1) is 0 Å². The van der Waals surface area contributed by atoms with Gasteiger partial charge in [-0.05, 0) is 41.7 Å². The zero-order chi connectivity index (χ0) is 17.0. The van der Waals surface area contributed by atoms with Crippen molar-refractivity contribution >= 4 is 23.7 Å². The maximum atomic E-state index is 12.5. The van der Waals surface area contributed by atoms with Crippen molar-refractivity contribution < 1.29 is 14.4 Å². The second-order valence-electron chi connectivity index (χ2n) is 5.68. The van der Waals surface area contributed by atoms with Crippen LogP contribution in [0.4, 0.5) is 0 Å². The number of hydrogen-bond donors (Lipinski definition) is 1. The summed E-state index contributed by atoms with van der Waals surface area (Å²) in [5.41, 5.74) is 3.58. The summed E-state index contributed by atoms with van der Waals surface area (Å²) in [7, 11) is 1.55. The van der Waals surface area contributed by atoms with Crippen LogP contribution in [0.1, 0.15) is 47.7 Å². The molecule has 2 rings (SSSR count). The predicted octanol–water partition coefficient (Wildman–Crippen LogP) is 2.16. The van der Waals surface area contributed by atoms with E-state index in [-0.39, 0.29) is 18.2 Å². The second-order valence-corrected chi connectivity index (χ2v) is 5.68. The Labute approximate surface area is 136 Å². The quantitative estimate of drug-likeness (QED) is 0.784. The summed E-state index contributed by atoms with van der Waals surface area (Å²) in [6.45, 7) is 6.45. The highest BCUT2D eigenvalue weighted by Gasteiger charge is 2.32. The first kappa shape index (κ1) is 16.9. The van der Waals surface area contributed by atoms with Crippen molar-refractivity contribution in [1.82, 2.24) is 10.2 Å². The van der Waals surface area contributed by atoms with Gasteiger partial charge in [0.05, 0.1) is 6.04 Å². The monoisotopic (exact) mass is 314 g/mol. The number of carbonyl (C=O) groups is 3. The summed E-state index contributed by atoms with van der Waals surface area (Å²) in [6.07, 6.45) is 2.15. The molecule has 1 aromatic rings. The van der Waals surface area contributed by atoms with E-state index < -0.39 is 6.04 Å². The summed E-state index contributed by atoms with van der Waals surface area (Å²) < 4.78 is 0. The number of amides is 2. The topological polar surface area (TPSA) is 66.5 Å². The van der Waals surface area contributed by atoms with Gasteiger partial charge in [0.1, 0.15) is 6.29 Å². The fourth-order valence-electron chi connectivity index (χ4n) is 2.74. The Kier molecular flexibility index (Phi) is 5.32. The molecule has 0 spiro atoms. The fraction of sp³-hybridized carbons (Fsp3) is 0.389. The molecule has 1 N–H and O–H groups in total. The molecule has 1 aliphatic heterocycles. The van der Waals surface area contributed by atoms with Crippen LogP contribution in [0.2, 0.25) is 0 Å². The number of fused-ring (bicyclic) bond motifs is 1. The predicted molar refractivity (Wildman–Crippen MR) is 88.8 cm³/mol. The molecule has 0 saturated carbocycles. The zero-order valence-corrected chi connectivity index (χ0v) is 13.6. The van der Waals surface area contributed by atoms with Crippen molar-refractivity contribution in [2.75, 3.05) is 7.05 Å². The normalized spacial score (nSPS) is 14.3. The molecule has 2 amide bonds. The molecule has 0 fully saturated rings. The number of hydrogen-bond acceptors (Lipinski definition) is 3. The molecule has 1 unspecified atom stereocenters. The molecule has 122 valence electrons. The van der Waals surface area contributed by atoms with Gasteiger partial charge in [0.25, 0.3) is 5.91 Å². The van der Waals surface area contributed by atoms with Crippen LogP contribution in [0.5, 0.6) is 0 Å². The first-order valence-corrected chi connectivity index (χ1v) is 7.79. The molecular formula is C18H22N2O3. The smallest absolute Gasteiger partial charge is 0.255 e. The van der Waals surface area contributed by atoms with Gasteiger partial charge in [0.2, 0.25) is 5.91 Å². The van der Waals surface area contributed by atoms with E-state index in [2.05, 4.69) is 11.9 Å². The van der Waals surface area contributed by atoms with E-state index in [0.29, 0.717) is 18.5 Å². The molecule has 1 aromatic carbocycles. The van der Waals surface area contributed by atoms with Gasteiger partial charge in [-0.1, -0.05) is 19.6 Å². The summed E-state index contributed by atoms with van der Waals surface area (Å²) >= 11 is 0. The molecule has 0 bridgehead atoms. The highest BCUT2D eigenvalue weighted by Crippen LogP contribution is 2.28. The lowest BCUT2D eigenvalue weighted by Crippen LogP contribution is -2.37. The molecule has 1 heterocycles. The largest absolute Gasteiger partial charge is 0.359 e. The van der Waals surface area contributed by atoms with E-state index in [1.807, 2.05) is 19.1 Å². The van der Waals surface area contributed by atoms with Crippen LogP contribution in [0.15, 0.2) is 24.8 Å². The van der Waals surface area contributed by atoms with Crippen molar-refractivity contribution in [3.05, 3.63) is 41.5 Å². The lowest BCUT2D eigenvalue weighted by Gasteiger charge is -2.22. The van der Waals surface area contributed by atoms with Crippen LogP contribution in [-0.2, 0) is 16.1 Å². The first-order valence-electron chi connectivity index (χ1n) is 7.79. The molecular weight excluding hydrogens is 292 g/mol. The van der Waals surface area contributed by atoms with Gasteiger partial charge in [-0.25, -0.2) is 0 Å². The number of rotatable bonds is 7.